The Hall–Kier alpha value is -3.94. The smallest absolute Gasteiger partial charge is 0.410 e. The van der Waals surface area contributed by atoms with E-state index in [0.29, 0.717) is 31.9 Å². The van der Waals surface area contributed by atoms with E-state index >= 15 is 0 Å². The van der Waals surface area contributed by atoms with Crippen molar-refractivity contribution >= 4 is 23.5 Å². The van der Waals surface area contributed by atoms with Gasteiger partial charge in [-0.15, -0.1) is 0 Å². The monoisotopic (exact) mass is 448 g/mol. The zero-order valence-electron chi connectivity index (χ0n) is 18.1. The molecule has 1 N–H and O–H groups in total. The van der Waals surface area contributed by atoms with Gasteiger partial charge in [0, 0.05) is 26.2 Å². The first kappa shape index (κ1) is 22.3. The van der Waals surface area contributed by atoms with Crippen molar-refractivity contribution < 1.29 is 18.7 Å². The molecular formula is C25H25FN4O3. The van der Waals surface area contributed by atoms with Crippen LogP contribution in [0.25, 0.3) is 0 Å². The number of amides is 2. The van der Waals surface area contributed by atoms with Crippen LogP contribution in [0.5, 0.6) is 0 Å². The van der Waals surface area contributed by atoms with Crippen molar-refractivity contribution in [2.45, 2.75) is 13.0 Å². The second-order valence-electron chi connectivity index (χ2n) is 7.77. The molecule has 0 spiro atoms. The summed E-state index contributed by atoms with van der Waals surface area (Å²) in [5.41, 5.74) is 2.28. The van der Waals surface area contributed by atoms with Gasteiger partial charge in [-0.3, -0.25) is 4.79 Å². The topological polar surface area (TPSA) is 74.8 Å². The third kappa shape index (κ3) is 6.29. The number of carbonyl (C=O) groups is 2. The first-order valence-corrected chi connectivity index (χ1v) is 10.8. The summed E-state index contributed by atoms with van der Waals surface area (Å²) in [5.74, 6) is 0.256. The summed E-state index contributed by atoms with van der Waals surface area (Å²) in [4.78, 5) is 32.8. The van der Waals surface area contributed by atoms with Crippen molar-refractivity contribution in [2.24, 2.45) is 0 Å². The minimum absolute atomic E-state index is 0.157. The van der Waals surface area contributed by atoms with Gasteiger partial charge in [0.25, 0.3) is 0 Å². The van der Waals surface area contributed by atoms with Crippen molar-refractivity contribution in [1.29, 1.82) is 0 Å². The van der Waals surface area contributed by atoms with Crippen molar-refractivity contribution in [3.05, 3.63) is 89.9 Å². The summed E-state index contributed by atoms with van der Waals surface area (Å²) < 4.78 is 18.4. The number of ether oxygens (including phenoxy) is 1. The second-order valence-corrected chi connectivity index (χ2v) is 7.77. The highest BCUT2D eigenvalue weighted by Crippen LogP contribution is 2.17. The van der Waals surface area contributed by atoms with Crippen LogP contribution < -0.4 is 10.2 Å². The molecule has 0 atom stereocenters. The maximum atomic E-state index is 13.0. The number of piperazine rings is 1. The van der Waals surface area contributed by atoms with E-state index in [1.807, 2.05) is 36.4 Å². The van der Waals surface area contributed by atoms with Gasteiger partial charge in [-0.25, -0.2) is 14.2 Å². The van der Waals surface area contributed by atoms with Crippen LogP contribution in [-0.4, -0.2) is 48.1 Å². The van der Waals surface area contributed by atoms with Crippen molar-refractivity contribution in [2.75, 3.05) is 36.4 Å². The number of nitrogens with one attached hydrogen (secondary N) is 1. The van der Waals surface area contributed by atoms with E-state index < -0.39 is 0 Å². The van der Waals surface area contributed by atoms with Crippen LogP contribution in [0.4, 0.5) is 20.7 Å². The average Bonchev–Trinajstić information content (AvgIpc) is 2.85. The van der Waals surface area contributed by atoms with Gasteiger partial charge < -0.3 is 19.9 Å². The number of aromatic nitrogens is 1. The van der Waals surface area contributed by atoms with Gasteiger partial charge in [0.2, 0.25) is 5.91 Å². The highest BCUT2D eigenvalue weighted by molar-refractivity contribution is 5.92. The number of hydrogen-bond donors (Lipinski definition) is 1. The predicted octanol–water partition coefficient (Wildman–Crippen LogP) is 3.86. The predicted molar refractivity (Wildman–Crippen MR) is 123 cm³/mol. The molecule has 1 saturated heterocycles. The molecule has 1 fully saturated rings. The van der Waals surface area contributed by atoms with Crippen LogP contribution in [-0.2, 0) is 22.6 Å². The van der Waals surface area contributed by atoms with Crippen LogP contribution >= 0.6 is 0 Å². The summed E-state index contributed by atoms with van der Waals surface area (Å²) in [6.07, 6.45) is 1.45. The number of rotatable bonds is 6. The van der Waals surface area contributed by atoms with Gasteiger partial charge in [0.1, 0.15) is 18.2 Å². The lowest BCUT2D eigenvalue weighted by Crippen LogP contribution is -2.49. The Kier molecular flexibility index (Phi) is 7.14. The molecule has 3 aromatic rings. The van der Waals surface area contributed by atoms with Gasteiger partial charge in [0.15, 0.2) is 0 Å². The summed E-state index contributed by atoms with van der Waals surface area (Å²) in [7, 11) is 0. The van der Waals surface area contributed by atoms with E-state index in [9.17, 15) is 14.0 Å². The molecule has 4 rings (SSSR count). The zero-order chi connectivity index (χ0) is 23.0. The van der Waals surface area contributed by atoms with E-state index in [2.05, 4.69) is 15.2 Å². The van der Waals surface area contributed by atoms with E-state index in [1.54, 1.807) is 29.3 Å². The highest BCUT2D eigenvalue weighted by atomic mass is 19.1. The summed E-state index contributed by atoms with van der Waals surface area (Å²) >= 11 is 0. The molecule has 1 aliphatic rings. The molecule has 7 nitrogen and oxygen atoms in total. The Morgan fingerprint density at radius 3 is 2.30 bits per heavy atom. The van der Waals surface area contributed by atoms with E-state index in [-0.39, 0.29) is 30.8 Å². The molecule has 2 aromatic carbocycles. The summed E-state index contributed by atoms with van der Waals surface area (Å²) in [5, 5.41) is 2.80. The number of pyridine rings is 1. The van der Waals surface area contributed by atoms with Gasteiger partial charge in [0.05, 0.1) is 18.3 Å². The highest BCUT2D eigenvalue weighted by Gasteiger charge is 2.23. The van der Waals surface area contributed by atoms with Crippen molar-refractivity contribution in [3.63, 3.8) is 0 Å². The Bertz CT molecular complexity index is 1070. The van der Waals surface area contributed by atoms with Crippen LogP contribution in [0, 0.1) is 5.82 Å². The number of carbonyl (C=O) groups excluding carboxylic acids is 2. The van der Waals surface area contributed by atoms with Crippen LogP contribution in [0.1, 0.15) is 11.1 Å². The minimum atomic E-state index is -0.330. The molecule has 2 amide bonds. The van der Waals surface area contributed by atoms with Crippen LogP contribution in [0.3, 0.4) is 0 Å². The number of anilines is 2. The molecule has 0 radical (unpaired) electrons. The Morgan fingerprint density at radius 1 is 0.909 bits per heavy atom. The minimum Gasteiger partial charge on any atom is -0.445 e. The lowest BCUT2D eigenvalue weighted by atomic mass is 10.1. The third-order valence-corrected chi connectivity index (χ3v) is 5.38. The van der Waals surface area contributed by atoms with Gasteiger partial charge >= 0.3 is 6.09 Å². The van der Waals surface area contributed by atoms with Crippen LogP contribution in [0.2, 0.25) is 0 Å². The maximum absolute atomic E-state index is 13.0. The molecule has 0 unspecified atom stereocenters. The number of benzene rings is 2. The molecule has 0 aliphatic carbocycles. The van der Waals surface area contributed by atoms with E-state index in [0.717, 1.165) is 16.9 Å². The number of hydrogen-bond acceptors (Lipinski definition) is 5. The molecular weight excluding hydrogens is 423 g/mol. The van der Waals surface area contributed by atoms with Gasteiger partial charge in [-0.2, -0.15) is 0 Å². The van der Waals surface area contributed by atoms with Crippen molar-refractivity contribution in [1.82, 2.24) is 9.88 Å². The average molecular weight is 448 g/mol. The zero-order valence-corrected chi connectivity index (χ0v) is 18.1. The third-order valence-electron chi connectivity index (χ3n) is 5.38. The quantitative estimate of drug-likeness (QED) is 0.620. The first-order chi connectivity index (χ1) is 16.1. The standard InChI is InChI=1S/C25H25FN4O3/c26-21-8-6-19(7-9-21)16-24(31)28-22-10-11-23(27-17-22)29-12-14-30(15-13-29)25(32)33-18-20-4-2-1-3-5-20/h1-11,17H,12-16,18H2,(H,28,31). The summed E-state index contributed by atoms with van der Waals surface area (Å²) in [6.45, 7) is 2.64. The number of halogens is 1. The molecule has 2 heterocycles. The van der Waals surface area contributed by atoms with Crippen LogP contribution in [0.15, 0.2) is 72.9 Å². The molecule has 1 aromatic heterocycles. The van der Waals surface area contributed by atoms with Gasteiger partial charge in [-0.1, -0.05) is 42.5 Å². The maximum Gasteiger partial charge on any atom is 0.410 e. The second kappa shape index (κ2) is 10.6. The molecule has 0 bridgehead atoms. The molecule has 8 heteroatoms. The lowest BCUT2D eigenvalue weighted by Gasteiger charge is -2.34. The van der Waals surface area contributed by atoms with Gasteiger partial charge in [-0.05, 0) is 35.4 Å². The Balaban J connectivity index is 1.23. The fourth-order valence-electron chi connectivity index (χ4n) is 3.57. The fourth-order valence-corrected chi connectivity index (χ4v) is 3.57. The molecule has 33 heavy (non-hydrogen) atoms. The Morgan fingerprint density at radius 2 is 1.64 bits per heavy atom. The normalized spacial score (nSPS) is 13.5. The number of nitrogens with zero attached hydrogens (tertiary/aromatic N) is 3. The fraction of sp³-hybridized carbons (Fsp3) is 0.240. The first-order valence-electron chi connectivity index (χ1n) is 10.8. The van der Waals surface area contributed by atoms with E-state index in [4.69, 9.17) is 4.74 Å². The largest absolute Gasteiger partial charge is 0.445 e. The molecule has 1 aliphatic heterocycles. The van der Waals surface area contributed by atoms with E-state index in [1.165, 1.54) is 12.1 Å². The SMILES string of the molecule is O=C(Cc1ccc(F)cc1)Nc1ccc(N2CCN(C(=O)OCc3ccccc3)CC2)nc1. The molecule has 0 saturated carbocycles. The Labute approximate surface area is 191 Å². The molecule has 170 valence electrons. The summed E-state index contributed by atoms with van der Waals surface area (Å²) in [6, 6.07) is 19.1. The lowest BCUT2D eigenvalue weighted by molar-refractivity contribution is -0.115. The van der Waals surface area contributed by atoms with Crippen molar-refractivity contribution in [3.8, 4) is 0 Å².